The fourth-order valence-electron chi connectivity index (χ4n) is 0.902. The zero-order valence-electron chi connectivity index (χ0n) is 8.93. The zero-order chi connectivity index (χ0) is 12.0. The normalized spacial score (nSPS) is 11.4. The molecule has 1 amide bonds. The summed E-state index contributed by atoms with van der Waals surface area (Å²) < 4.78 is 4.81. The van der Waals surface area contributed by atoms with E-state index in [-0.39, 0.29) is 23.6 Å². The molecule has 8 nitrogen and oxygen atoms in total. The Hall–Kier alpha value is -2.12. The summed E-state index contributed by atoms with van der Waals surface area (Å²) in [4.78, 5) is 11.2. The number of nitrogen functional groups attached to an aromatic ring is 1. The van der Waals surface area contributed by atoms with Gasteiger partial charge in [0.2, 0.25) is 11.7 Å². The molecule has 5 N–H and O–H groups in total. The average Bonchev–Trinajstić information content (AvgIpc) is 2.69. The van der Waals surface area contributed by atoms with Crippen LogP contribution in [0.25, 0.3) is 0 Å². The number of hydrazone groups is 1. The molecule has 0 aliphatic heterocycles. The lowest BCUT2D eigenvalue weighted by molar-refractivity contribution is -0.121. The molecule has 0 aromatic carbocycles. The Kier molecular flexibility index (Phi) is 4.25. The number of hydrogen-bond donors (Lipinski definition) is 3. The summed E-state index contributed by atoms with van der Waals surface area (Å²) in [5.74, 6) is -0.306. The molecule has 0 saturated heterocycles. The van der Waals surface area contributed by atoms with Gasteiger partial charge in [0, 0.05) is 6.42 Å². The zero-order valence-corrected chi connectivity index (χ0v) is 8.93. The highest BCUT2D eigenvalue weighted by Gasteiger charge is 2.08. The van der Waals surface area contributed by atoms with Gasteiger partial charge < -0.3 is 15.9 Å². The third kappa shape index (κ3) is 3.56. The average molecular weight is 226 g/mol. The van der Waals surface area contributed by atoms with Crippen molar-refractivity contribution in [3.05, 3.63) is 5.89 Å². The van der Waals surface area contributed by atoms with Crippen molar-refractivity contribution in [3.63, 3.8) is 0 Å². The Balaban J connectivity index is 2.48. The van der Waals surface area contributed by atoms with Crippen LogP contribution in [0.4, 0.5) is 6.01 Å². The lowest BCUT2D eigenvalue weighted by Crippen LogP contribution is -2.23. The quantitative estimate of drug-likeness (QED) is 0.355. The van der Waals surface area contributed by atoms with Gasteiger partial charge in [-0.25, -0.2) is 5.43 Å². The first-order valence-electron chi connectivity index (χ1n) is 4.84. The maximum atomic E-state index is 11.2. The topological polar surface area (TPSA) is 132 Å². The van der Waals surface area contributed by atoms with E-state index < -0.39 is 0 Å². The lowest BCUT2D eigenvalue weighted by atomic mass is 10.2. The minimum Gasteiger partial charge on any atom is -0.400 e. The van der Waals surface area contributed by atoms with Crippen molar-refractivity contribution >= 4 is 17.8 Å². The van der Waals surface area contributed by atoms with Crippen LogP contribution in [0.5, 0.6) is 0 Å². The number of unbranched alkanes of at least 4 members (excludes halogenated alkanes) is 1. The van der Waals surface area contributed by atoms with Crippen molar-refractivity contribution < 1.29 is 9.21 Å². The van der Waals surface area contributed by atoms with Crippen molar-refractivity contribution in [2.75, 3.05) is 5.73 Å². The summed E-state index contributed by atoms with van der Waals surface area (Å²) in [5.41, 5.74) is 12.9. The molecule has 0 aliphatic carbocycles. The highest BCUT2D eigenvalue weighted by Crippen LogP contribution is 1.99. The predicted molar refractivity (Wildman–Crippen MR) is 57.1 cm³/mol. The van der Waals surface area contributed by atoms with Crippen LogP contribution in [-0.2, 0) is 4.79 Å². The molecule has 0 bridgehead atoms. The van der Waals surface area contributed by atoms with E-state index in [1.54, 1.807) is 0 Å². The first-order chi connectivity index (χ1) is 7.63. The number of nitrogens with zero attached hydrogens (tertiary/aromatic N) is 3. The molecule has 88 valence electrons. The first-order valence-corrected chi connectivity index (χ1v) is 4.84. The maximum absolute atomic E-state index is 11.2. The Morgan fingerprint density at radius 1 is 1.56 bits per heavy atom. The maximum Gasteiger partial charge on any atom is 0.313 e. The molecule has 1 aromatic rings. The molecule has 0 saturated carbocycles. The molecule has 0 unspecified atom stereocenters. The number of amidine groups is 1. The van der Waals surface area contributed by atoms with Gasteiger partial charge in [-0.2, -0.15) is 0 Å². The van der Waals surface area contributed by atoms with E-state index in [2.05, 4.69) is 20.7 Å². The molecular formula is C8H14N6O2. The summed E-state index contributed by atoms with van der Waals surface area (Å²) in [6.07, 6.45) is 2.14. The molecule has 8 heteroatoms. The van der Waals surface area contributed by atoms with Gasteiger partial charge in [0.25, 0.3) is 5.89 Å². The van der Waals surface area contributed by atoms with Gasteiger partial charge >= 0.3 is 6.01 Å². The van der Waals surface area contributed by atoms with E-state index in [0.717, 1.165) is 12.8 Å². The van der Waals surface area contributed by atoms with Crippen LogP contribution < -0.4 is 16.9 Å². The van der Waals surface area contributed by atoms with Crippen LogP contribution in [0, 0.1) is 0 Å². The lowest BCUT2D eigenvalue weighted by Gasteiger charge is -1.98. The molecule has 0 spiro atoms. The third-order valence-electron chi connectivity index (χ3n) is 1.72. The van der Waals surface area contributed by atoms with E-state index in [1.165, 1.54) is 0 Å². The van der Waals surface area contributed by atoms with Crippen LogP contribution in [0.15, 0.2) is 9.52 Å². The number of carbonyl (C=O) groups is 1. The van der Waals surface area contributed by atoms with Crippen LogP contribution in [0.2, 0.25) is 0 Å². The molecule has 1 rings (SSSR count). The van der Waals surface area contributed by atoms with Crippen molar-refractivity contribution in [2.45, 2.75) is 26.2 Å². The Morgan fingerprint density at radius 3 is 2.88 bits per heavy atom. The smallest absolute Gasteiger partial charge is 0.313 e. The van der Waals surface area contributed by atoms with Crippen molar-refractivity contribution in [3.8, 4) is 0 Å². The molecular weight excluding hydrogens is 212 g/mol. The van der Waals surface area contributed by atoms with E-state index in [4.69, 9.17) is 15.9 Å². The summed E-state index contributed by atoms with van der Waals surface area (Å²) in [6.45, 7) is 1.99. The monoisotopic (exact) mass is 226 g/mol. The van der Waals surface area contributed by atoms with Crippen LogP contribution in [0.1, 0.15) is 32.1 Å². The number of rotatable bonds is 5. The van der Waals surface area contributed by atoms with Gasteiger partial charge in [-0.3, -0.25) is 4.79 Å². The molecule has 0 fully saturated rings. The van der Waals surface area contributed by atoms with Crippen molar-refractivity contribution in [1.29, 1.82) is 0 Å². The van der Waals surface area contributed by atoms with Gasteiger partial charge in [-0.15, -0.1) is 10.2 Å². The third-order valence-corrected chi connectivity index (χ3v) is 1.72. The molecule has 1 heterocycles. The molecule has 16 heavy (non-hydrogen) atoms. The molecule has 1 aromatic heterocycles. The molecule has 0 aliphatic rings. The second-order valence-electron chi connectivity index (χ2n) is 3.08. The van der Waals surface area contributed by atoms with Gasteiger partial charge in [-0.05, 0) is 6.42 Å². The number of aromatic nitrogens is 2. The summed E-state index contributed by atoms with van der Waals surface area (Å²) in [5, 5.41) is 10.5. The number of nitrogens with two attached hydrogens (primary N) is 2. The van der Waals surface area contributed by atoms with Crippen LogP contribution >= 0.6 is 0 Å². The standard InChI is InChI=1S/C8H14N6O2/c1-2-3-4-5(15)11-12-6(9)7-13-14-8(10)16-7/h2-4H2,1H3,(H2,9,12)(H2,10,14)(H,11,15). The Morgan fingerprint density at radius 2 is 2.31 bits per heavy atom. The SMILES string of the molecule is CCCCC(=O)N/N=C(\N)c1nnc(N)o1. The van der Waals surface area contributed by atoms with Crippen molar-refractivity contribution in [1.82, 2.24) is 15.6 Å². The number of nitrogens with one attached hydrogen (secondary N) is 1. The Labute approximate surface area is 92.1 Å². The van der Waals surface area contributed by atoms with Gasteiger partial charge in [-0.1, -0.05) is 18.4 Å². The van der Waals surface area contributed by atoms with Crippen molar-refractivity contribution in [2.24, 2.45) is 10.8 Å². The predicted octanol–water partition coefficient (Wildman–Crippen LogP) is -0.421. The largest absolute Gasteiger partial charge is 0.400 e. The van der Waals surface area contributed by atoms with E-state index in [1.807, 2.05) is 6.92 Å². The minimum atomic E-state index is -0.211. The second-order valence-corrected chi connectivity index (χ2v) is 3.08. The Bertz CT molecular complexity index is 386. The fraction of sp³-hybridized carbons (Fsp3) is 0.500. The van der Waals surface area contributed by atoms with Crippen LogP contribution in [-0.4, -0.2) is 21.9 Å². The molecule has 0 atom stereocenters. The van der Waals surface area contributed by atoms with Gasteiger partial charge in [0.1, 0.15) is 0 Å². The fourth-order valence-corrected chi connectivity index (χ4v) is 0.902. The van der Waals surface area contributed by atoms with E-state index in [0.29, 0.717) is 6.42 Å². The number of carbonyl (C=O) groups excluding carboxylic acids is 1. The highest BCUT2D eigenvalue weighted by atomic mass is 16.4. The van der Waals surface area contributed by atoms with E-state index in [9.17, 15) is 4.79 Å². The van der Waals surface area contributed by atoms with Gasteiger partial charge in [0.05, 0.1) is 0 Å². The summed E-state index contributed by atoms with van der Waals surface area (Å²) >= 11 is 0. The second kappa shape index (κ2) is 5.69. The first kappa shape index (κ1) is 12.0. The number of hydrogen-bond acceptors (Lipinski definition) is 6. The number of amides is 1. The van der Waals surface area contributed by atoms with E-state index >= 15 is 0 Å². The van der Waals surface area contributed by atoms with Crippen LogP contribution in [0.3, 0.4) is 0 Å². The summed E-state index contributed by atoms with van der Waals surface area (Å²) in [6, 6.07) is -0.106. The molecule has 0 radical (unpaired) electrons. The highest BCUT2D eigenvalue weighted by molar-refractivity contribution is 5.93. The number of anilines is 1. The summed E-state index contributed by atoms with van der Waals surface area (Å²) in [7, 11) is 0. The minimum absolute atomic E-state index is 0.0201. The van der Waals surface area contributed by atoms with Gasteiger partial charge in [0.15, 0.2) is 0 Å².